The van der Waals surface area contributed by atoms with Gasteiger partial charge in [0.1, 0.15) is 18.1 Å². The summed E-state index contributed by atoms with van der Waals surface area (Å²) in [7, 11) is 3.44. The zero-order valence-corrected chi connectivity index (χ0v) is 22.8. The number of benzene rings is 2. The topological polar surface area (TPSA) is 72.4 Å². The van der Waals surface area contributed by atoms with Crippen LogP contribution < -0.4 is 19.7 Å². The van der Waals surface area contributed by atoms with Gasteiger partial charge in [-0.2, -0.15) is 0 Å². The van der Waals surface area contributed by atoms with Gasteiger partial charge >= 0.3 is 0 Å². The molecule has 1 saturated heterocycles. The third kappa shape index (κ3) is 7.38. The summed E-state index contributed by atoms with van der Waals surface area (Å²) in [6.07, 6.45) is 2.38. The molecule has 37 heavy (non-hydrogen) atoms. The van der Waals surface area contributed by atoms with Crippen molar-refractivity contribution in [2.75, 3.05) is 52.0 Å². The number of nitrogens with zero attached hydrogens (tertiary/aromatic N) is 1. The van der Waals surface area contributed by atoms with Gasteiger partial charge in [-0.1, -0.05) is 32.0 Å². The van der Waals surface area contributed by atoms with Gasteiger partial charge in [-0.3, -0.25) is 0 Å². The monoisotopic (exact) mass is 512 g/mol. The smallest absolute Gasteiger partial charge is 0.142 e. The Bertz CT molecular complexity index is 967. The molecule has 1 fully saturated rings. The minimum atomic E-state index is -0.309. The number of hydrogen-bond acceptors (Lipinski definition) is 7. The van der Waals surface area contributed by atoms with Gasteiger partial charge in [-0.15, -0.1) is 0 Å². The molecule has 2 aliphatic rings. The molecule has 0 spiro atoms. The molecule has 0 saturated carbocycles. The van der Waals surface area contributed by atoms with Crippen LogP contribution in [0.5, 0.6) is 11.5 Å². The second-order valence-electron chi connectivity index (χ2n) is 10.6. The first-order valence-electron chi connectivity index (χ1n) is 13.6. The van der Waals surface area contributed by atoms with Crippen molar-refractivity contribution in [3.63, 3.8) is 0 Å². The molecule has 4 atom stereocenters. The molecule has 0 radical (unpaired) electrons. The number of hydrogen-bond donors (Lipinski definition) is 2. The Morgan fingerprint density at radius 3 is 2.68 bits per heavy atom. The van der Waals surface area contributed by atoms with Crippen LogP contribution in [-0.4, -0.2) is 70.4 Å². The molecule has 4 rings (SSSR count). The van der Waals surface area contributed by atoms with Crippen LogP contribution in [-0.2, 0) is 16.1 Å². The Morgan fingerprint density at radius 1 is 1.14 bits per heavy atom. The minimum absolute atomic E-state index is 0.0333. The van der Waals surface area contributed by atoms with E-state index >= 15 is 0 Å². The highest BCUT2D eigenvalue weighted by Gasteiger charge is 2.33. The van der Waals surface area contributed by atoms with Crippen molar-refractivity contribution >= 4 is 5.69 Å². The molecule has 0 amide bonds. The number of methoxy groups -OCH3 is 2. The van der Waals surface area contributed by atoms with Crippen LogP contribution in [0.25, 0.3) is 0 Å². The van der Waals surface area contributed by atoms with Gasteiger partial charge in [0.05, 0.1) is 38.2 Å². The number of aliphatic hydroxyl groups is 1. The molecule has 2 aromatic rings. The van der Waals surface area contributed by atoms with Crippen molar-refractivity contribution in [1.82, 2.24) is 5.32 Å². The highest BCUT2D eigenvalue weighted by atomic mass is 16.5. The van der Waals surface area contributed by atoms with Crippen LogP contribution in [0.4, 0.5) is 5.69 Å². The number of nitrogens with one attached hydrogen (secondary N) is 1. The summed E-state index contributed by atoms with van der Waals surface area (Å²) in [5, 5.41) is 14.1. The lowest BCUT2D eigenvalue weighted by Gasteiger charge is -2.38. The van der Waals surface area contributed by atoms with Gasteiger partial charge in [0, 0.05) is 38.8 Å². The molecule has 0 aliphatic carbocycles. The lowest BCUT2D eigenvalue weighted by molar-refractivity contribution is -0.00352. The average Bonchev–Trinajstić information content (AvgIpc) is 2.92. The summed E-state index contributed by atoms with van der Waals surface area (Å²) >= 11 is 0. The highest BCUT2D eigenvalue weighted by Crippen LogP contribution is 2.35. The summed E-state index contributed by atoms with van der Waals surface area (Å²) in [4.78, 5) is 2.38. The van der Waals surface area contributed by atoms with E-state index in [2.05, 4.69) is 54.4 Å². The number of aliphatic hydroxyl groups excluding tert-OH is 1. The SMILES string of the molecule is COCCCN1CCOc2ccc(CO[C@H]3CN[C@@H](C[C@@H](O)C(C)C)C[C@@H]3c3ccc(OC)cc3)cc21. The Morgan fingerprint density at radius 2 is 1.95 bits per heavy atom. The Balaban J connectivity index is 1.45. The zero-order valence-electron chi connectivity index (χ0n) is 22.8. The molecule has 2 aliphatic heterocycles. The molecule has 7 nitrogen and oxygen atoms in total. The lowest BCUT2D eigenvalue weighted by atomic mass is 9.82. The summed E-state index contributed by atoms with van der Waals surface area (Å²) in [6.45, 7) is 8.74. The predicted molar refractivity (Wildman–Crippen MR) is 147 cm³/mol. The molecular weight excluding hydrogens is 468 g/mol. The van der Waals surface area contributed by atoms with E-state index in [1.54, 1.807) is 14.2 Å². The van der Waals surface area contributed by atoms with E-state index < -0.39 is 0 Å². The van der Waals surface area contributed by atoms with E-state index in [1.807, 2.05) is 12.1 Å². The number of piperidine rings is 1. The largest absolute Gasteiger partial charge is 0.497 e. The van der Waals surface area contributed by atoms with Gasteiger partial charge in [0.25, 0.3) is 0 Å². The third-order valence-electron chi connectivity index (χ3n) is 7.66. The van der Waals surface area contributed by atoms with E-state index in [1.165, 1.54) is 5.56 Å². The molecule has 7 heteroatoms. The quantitative estimate of drug-likeness (QED) is 0.409. The van der Waals surface area contributed by atoms with E-state index in [0.717, 1.165) is 68.3 Å². The fraction of sp³-hybridized carbons (Fsp3) is 0.600. The average molecular weight is 513 g/mol. The van der Waals surface area contributed by atoms with Crippen molar-refractivity contribution in [2.45, 2.75) is 63.9 Å². The second-order valence-corrected chi connectivity index (χ2v) is 10.6. The van der Waals surface area contributed by atoms with Gasteiger partial charge in [0.2, 0.25) is 0 Å². The van der Waals surface area contributed by atoms with Crippen LogP contribution >= 0.6 is 0 Å². The molecule has 204 valence electrons. The molecular formula is C30H44N2O5. The maximum Gasteiger partial charge on any atom is 0.142 e. The molecule has 0 unspecified atom stereocenters. The standard InChI is InChI=1S/C30H44N2O5/c1-21(2)28(33)18-24-17-26(23-7-9-25(35-4)10-8-23)30(19-31-24)37-20-22-6-11-29-27(16-22)32(13-15-36-29)12-5-14-34-3/h6-11,16,21,24,26,28,30-31,33H,5,12-15,17-20H2,1-4H3/t24-,26-,28-,30+/m1/s1. The summed E-state index contributed by atoms with van der Waals surface area (Å²) in [5.41, 5.74) is 3.53. The van der Waals surface area contributed by atoms with E-state index in [4.69, 9.17) is 18.9 Å². The van der Waals surface area contributed by atoms with Gasteiger partial charge in [0.15, 0.2) is 0 Å². The molecule has 0 aromatic heterocycles. The fourth-order valence-electron chi connectivity index (χ4n) is 5.33. The molecule has 2 N–H and O–H groups in total. The van der Waals surface area contributed by atoms with Crippen LogP contribution in [0.3, 0.4) is 0 Å². The van der Waals surface area contributed by atoms with E-state index in [-0.39, 0.29) is 30.1 Å². The van der Waals surface area contributed by atoms with Crippen molar-refractivity contribution < 1.29 is 24.1 Å². The van der Waals surface area contributed by atoms with Crippen molar-refractivity contribution in [1.29, 1.82) is 0 Å². The Kier molecular flexibility index (Phi) is 10.1. The Hall–Kier alpha value is -2.32. The Labute approximate surface area is 222 Å². The van der Waals surface area contributed by atoms with Gasteiger partial charge < -0.3 is 34.3 Å². The van der Waals surface area contributed by atoms with E-state index in [0.29, 0.717) is 13.2 Å². The predicted octanol–water partition coefficient (Wildman–Crippen LogP) is 4.37. The molecule has 2 aromatic carbocycles. The number of anilines is 1. The van der Waals surface area contributed by atoms with Gasteiger partial charge in [-0.25, -0.2) is 0 Å². The maximum absolute atomic E-state index is 10.5. The molecule has 0 bridgehead atoms. The van der Waals surface area contributed by atoms with E-state index in [9.17, 15) is 5.11 Å². The van der Waals surface area contributed by atoms with Crippen LogP contribution in [0.1, 0.15) is 50.2 Å². The second kappa shape index (κ2) is 13.5. The number of fused-ring (bicyclic) bond motifs is 1. The first-order valence-corrected chi connectivity index (χ1v) is 13.6. The maximum atomic E-state index is 10.5. The summed E-state index contributed by atoms with van der Waals surface area (Å²) in [5.74, 6) is 2.28. The zero-order chi connectivity index (χ0) is 26.2. The first kappa shape index (κ1) is 27.7. The van der Waals surface area contributed by atoms with Crippen molar-refractivity contribution in [3.8, 4) is 11.5 Å². The first-order chi connectivity index (χ1) is 18.0. The molecule has 2 heterocycles. The van der Waals surface area contributed by atoms with Crippen LogP contribution in [0.2, 0.25) is 0 Å². The normalized spacial score (nSPS) is 22.4. The lowest BCUT2D eigenvalue weighted by Crippen LogP contribution is -2.48. The fourth-order valence-corrected chi connectivity index (χ4v) is 5.33. The highest BCUT2D eigenvalue weighted by molar-refractivity contribution is 5.61. The van der Waals surface area contributed by atoms with Crippen LogP contribution in [0.15, 0.2) is 42.5 Å². The van der Waals surface area contributed by atoms with Crippen molar-refractivity contribution in [2.24, 2.45) is 5.92 Å². The van der Waals surface area contributed by atoms with Crippen LogP contribution in [0, 0.1) is 5.92 Å². The minimum Gasteiger partial charge on any atom is -0.497 e. The summed E-state index contributed by atoms with van der Waals surface area (Å²) < 4.78 is 23.1. The van der Waals surface area contributed by atoms with Gasteiger partial charge in [-0.05, 0) is 60.6 Å². The number of ether oxygens (including phenoxy) is 4. The number of rotatable bonds is 12. The summed E-state index contributed by atoms with van der Waals surface area (Å²) in [6, 6.07) is 15.0. The van der Waals surface area contributed by atoms with Crippen molar-refractivity contribution in [3.05, 3.63) is 53.6 Å². The third-order valence-corrected chi connectivity index (χ3v) is 7.66.